The van der Waals surface area contributed by atoms with Crippen LogP contribution in [0.4, 0.5) is 0 Å². The average Bonchev–Trinajstić information content (AvgIpc) is 3.79. The van der Waals surface area contributed by atoms with Crippen molar-refractivity contribution in [3.63, 3.8) is 0 Å². The molecule has 220 valence electrons. The van der Waals surface area contributed by atoms with Crippen molar-refractivity contribution >= 4 is 51.7 Å². The SMILES string of the molecule is Cc1ccsc1-c1sc(-c2ccc(C3C=CN=C(c4cc(C(=O)O)cc(-c5cc(C(=O)O)ccn5)n4)C3)s2)c2c1OCCO2. The number of fused-ring (bicyclic) bond motifs is 1. The van der Waals surface area contributed by atoms with Crippen LogP contribution in [0, 0.1) is 6.92 Å². The van der Waals surface area contributed by atoms with E-state index in [9.17, 15) is 19.8 Å². The lowest BCUT2D eigenvalue weighted by Gasteiger charge is -2.17. The van der Waals surface area contributed by atoms with Crippen LogP contribution < -0.4 is 9.47 Å². The lowest BCUT2D eigenvalue weighted by molar-refractivity contribution is 0.0685. The second-order valence-electron chi connectivity index (χ2n) is 10.1. The van der Waals surface area contributed by atoms with Crippen molar-refractivity contribution in [1.82, 2.24) is 9.97 Å². The third-order valence-electron chi connectivity index (χ3n) is 7.28. The monoisotopic (exact) mass is 641 g/mol. The maximum atomic E-state index is 12.0. The predicted octanol–water partition coefficient (Wildman–Crippen LogP) is 7.63. The number of allylic oxidation sites excluding steroid dienone is 1. The topological polar surface area (TPSA) is 131 Å². The van der Waals surface area contributed by atoms with Crippen LogP contribution in [0.3, 0.4) is 0 Å². The Morgan fingerprint density at radius 2 is 1.61 bits per heavy atom. The number of aromatic carboxylic acids is 2. The molecule has 0 aromatic carbocycles. The van der Waals surface area contributed by atoms with E-state index in [1.165, 1.54) is 40.9 Å². The number of thiophene rings is 3. The summed E-state index contributed by atoms with van der Waals surface area (Å²) < 4.78 is 12.2. The second-order valence-corrected chi connectivity index (χ2v) is 13.2. The molecule has 12 heteroatoms. The fraction of sp³-hybridized carbons (Fsp3) is 0.156. The summed E-state index contributed by atoms with van der Waals surface area (Å²) in [6.07, 6.45) is 5.63. The van der Waals surface area contributed by atoms with Gasteiger partial charge in [0.2, 0.25) is 0 Å². The zero-order chi connectivity index (χ0) is 30.4. The van der Waals surface area contributed by atoms with Crippen molar-refractivity contribution in [2.75, 3.05) is 13.2 Å². The molecule has 0 radical (unpaired) electrons. The van der Waals surface area contributed by atoms with Gasteiger partial charge in [0.15, 0.2) is 11.5 Å². The van der Waals surface area contributed by atoms with E-state index in [1.807, 2.05) is 6.08 Å². The van der Waals surface area contributed by atoms with Gasteiger partial charge < -0.3 is 19.7 Å². The number of aryl methyl sites for hydroxylation is 1. The van der Waals surface area contributed by atoms with Crippen molar-refractivity contribution in [2.45, 2.75) is 19.3 Å². The predicted molar refractivity (Wildman–Crippen MR) is 171 cm³/mol. The molecule has 44 heavy (non-hydrogen) atoms. The highest BCUT2D eigenvalue weighted by Crippen LogP contribution is 2.56. The Hall–Kier alpha value is -4.65. The molecule has 0 spiro atoms. The first-order valence-corrected chi connectivity index (χ1v) is 16.1. The van der Waals surface area contributed by atoms with E-state index in [4.69, 9.17) is 9.47 Å². The number of ether oxygens (including phenoxy) is 2. The first kappa shape index (κ1) is 28.1. The maximum absolute atomic E-state index is 12.0. The second kappa shape index (κ2) is 11.5. The molecule has 0 saturated heterocycles. The Kier molecular flexibility index (Phi) is 7.32. The fourth-order valence-electron chi connectivity index (χ4n) is 5.11. The molecule has 0 saturated carbocycles. The molecule has 5 aromatic heterocycles. The zero-order valence-corrected chi connectivity index (χ0v) is 25.6. The summed E-state index contributed by atoms with van der Waals surface area (Å²) in [7, 11) is 0. The lowest BCUT2D eigenvalue weighted by atomic mass is 9.95. The van der Waals surface area contributed by atoms with E-state index in [2.05, 4.69) is 45.5 Å². The lowest BCUT2D eigenvalue weighted by Crippen LogP contribution is -2.14. The molecule has 2 N–H and O–H groups in total. The minimum absolute atomic E-state index is 0.000384. The summed E-state index contributed by atoms with van der Waals surface area (Å²) in [5.41, 5.74) is 2.82. The molecule has 1 atom stereocenters. The van der Waals surface area contributed by atoms with Gasteiger partial charge in [-0.05, 0) is 60.3 Å². The van der Waals surface area contributed by atoms with E-state index in [0.29, 0.717) is 31.0 Å². The minimum Gasteiger partial charge on any atom is -0.485 e. The molecule has 5 aromatic rings. The number of carboxylic acid groups (broad SMARTS) is 2. The Morgan fingerprint density at radius 1 is 0.864 bits per heavy atom. The third kappa shape index (κ3) is 5.21. The van der Waals surface area contributed by atoms with E-state index in [-0.39, 0.29) is 28.4 Å². The summed E-state index contributed by atoms with van der Waals surface area (Å²) in [6.45, 7) is 3.13. The molecule has 0 amide bonds. The van der Waals surface area contributed by atoms with Crippen molar-refractivity contribution in [1.29, 1.82) is 0 Å². The Bertz CT molecular complexity index is 2000. The van der Waals surface area contributed by atoms with E-state index >= 15 is 0 Å². The van der Waals surface area contributed by atoms with Gasteiger partial charge in [-0.2, -0.15) is 0 Å². The number of carboxylic acids is 2. The molecule has 7 rings (SSSR count). The standard InChI is InChI=1S/C32H23N3O6S3/c1-16-6-11-42-28(16)30-27-26(40-9-10-41-27)29(44-30)25-3-2-24(43-25)17-4-7-33-20(12-17)22-14-19(32(38)39)15-23(35-22)21-13-18(31(36)37)5-8-34-21/h2-8,11,13-15,17H,9-10,12H2,1H3,(H,36,37)(H,38,39). The largest absolute Gasteiger partial charge is 0.485 e. The van der Waals surface area contributed by atoms with Gasteiger partial charge in [0.05, 0.1) is 48.6 Å². The Morgan fingerprint density at radius 3 is 2.36 bits per heavy atom. The summed E-state index contributed by atoms with van der Waals surface area (Å²) in [4.78, 5) is 42.5. The smallest absolute Gasteiger partial charge is 0.335 e. The van der Waals surface area contributed by atoms with Crippen LogP contribution in [-0.4, -0.2) is 51.0 Å². The maximum Gasteiger partial charge on any atom is 0.335 e. The van der Waals surface area contributed by atoms with Gasteiger partial charge in [-0.25, -0.2) is 14.6 Å². The number of carbonyl (C=O) groups is 2. The van der Waals surface area contributed by atoms with Crippen LogP contribution in [-0.2, 0) is 0 Å². The van der Waals surface area contributed by atoms with Crippen LogP contribution in [0.1, 0.15) is 49.2 Å². The molecule has 1 unspecified atom stereocenters. The molecular weight excluding hydrogens is 619 g/mol. The molecule has 0 fully saturated rings. The minimum atomic E-state index is -1.13. The molecule has 0 bridgehead atoms. The highest BCUT2D eigenvalue weighted by molar-refractivity contribution is 7.27. The van der Waals surface area contributed by atoms with Gasteiger partial charge in [-0.15, -0.1) is 34.0 Å². The van der Waals surface area contributed by atoms with Gasteiger partial charge in [-0.3, -0.25) is 9.98 Å². The van der Waals surface area contributed by atoms with Crippen LogP contribution in [0.5, 0.6) is 11.5 Å². The number of hydrogen-bond donors (Lipinski definition) is 2. The number of aliphatic imine (C=N–C) groups is 1. The van der Waals surface area contributed by atoms with Crippen molar-refractivity contribution in [3.05, 3.63) is 93.6 Å². The highest BCUT2D eigenvalue weighted by Gasteiger charge is 2.29. The van der Waals surface area contributed by atoms with E-state index in [1.54, 1.807) is 40.2 Å². The van der Waals surface area contributed by atoms with E-state index in [0.717, 1.165) is 31.0 Å². The summed E-state index contributed by atoms with van der Waals surface area (Å²) in [5.74, 6) is -0.629. The van der Waals surface area contributed by atoms with Crippen molar-refractivity contribution < 1.29 is 29.3 Å². The number of hydrogen-bond acceptors (Lipinski definition) is 10. The number of rotatable bonds is 7. The number of aromatic nitrogens is 2. The molecule has 2 aliphatic rings. The van der Waals surface area contributed by atoms with E-state index < -0.39 is 11.9 Å². The van der Waals surface area contributed by atoms with Crippen LogP contribution in [0.15, 0.2) is 71.3 Å². The summed E-state index contributed by atoms with van der Waals surface area (Å²) in [5, 5.41) is 21.3. The fourth-order valence-corrected chi connectivity index (χ4v) is 8.63. The van der Waals surface area contributed by atoms with Gasteiger partial charge in [0, 0.05) is 34.5 Å². The number of pyridine rings is 2. The zero-order valence-electron chi connectivity index (χ0n) is 23.1. The normalized spacial score (nSPS) is 15.7. The van der Waals surface area contributed by atoms with Gasteiger partial charge in [0.25, 0.3) is 0 Å². The summed E-state index contributed by atoms with van der Waals surface area (Å²) >= 11 is 5.06. The summed E-state index contributed by atoms with van der Waals surface area (Å²) in [6, 6.07) is 12.0. The highest BCUT2D eigenvalue weighted by atomic mass is 32.1. The molecule has 2 aliphatic heterocycles. The Labute approximate surface area is 263 Å². The van der Waals surface area contributed by atoms with Crippen molar-refractivity contribution in [3.8, 4) is 42.4 Å². The van der Waals surface area contributed by atoms with Crippen molar-refractivity contribution in [2.24, 2.45) is 4.99 Å². The molecule has 7 heterocycles. The first-order valence-electron chi connectivity index (χ1n) is 13.6. The van der Waals surface area contributed by atoms with Crippen LogP contribution >= 0.6 is 34.0 Å². The quantitative estimate of drug-likeness (QED) is 0.186. The van der Waals surface area contributed by atoms with Gasteiger partial charge in [0.1, 0.15) is 13.2 Å². The van der Waals surface area contributed by atoms with Crippen LogP contribution in [0.25, 0.3) is 30.9 Å². The molecule has 0 aliphatic carbocycles. The average molecular weight is 642 g/mol. The molecular formula is C32H23N3O6S3. The van der Waals surface area contributed by atoms with Gasteiger partial charge >= 0.3 is 11.9 Å². The van der Waals surface area contributed by atoms with Gasteiger partial charge in [-0.1, -0.05) is 6.08 Å². The number of nitrogens with zero attached hydrogens (tertiary/aromatic N) is 3. The first-order chi connectivity index (χ1) is 21.4. The third-order valence-corrected chi connectivity index (χ3v) is 11.0. The molecule has 9 nitrogen and oxygen atoms in total. The Balaban J connectivity index is 1.19. The van der Waals surface area contributed by atoms with Crippen LogP contribution in [0.2, 0.25) is 0 Å².